The lowest BCUT2D eigenvalue weighted by molar-refractivity contribution is 0.101. The number of Topliss-reactive ketones (excluding diaryl/α,β-unsaturated/α-hetero) is 1. The number of benzene rings is 2. The maximum atomic E-state index is 11.6. The van der Waals surface area contributed by atoms with Crippen molar-refractivity contribution in [3.8, 4) is 0 Å². The van der Waals surface area contributed by atoms with E-state index < -0.39 is 0 Å². The van der Waals surface area contributed by atoms with Crippen LogP contribution in [0, 0.1) is 0 Å². The van der Waals surface area contributed by atoms with Gasteiger partial charge in [0.25, 0.3) is 0 Å². The molecule has 0 spiro atoms. The lowest BCUT2D eigenvalue weighted by Crippen LogP contribution is -2.46. The second-order valence-electron chi connectivity index (χ2n) is 7.15. The predicted octanol–water partition coefficient (Wildman–Crippen LogP) is 3.14. The summed E-state index contributed by atoms with van der Waals surface area (Å²) >= 11 is 0. The highest BCUT2D eigenvalue weighted by molar-refractivity contribution is 5.95. The van der Waals surface area contributed by atoms with E-state index in [0.29, 0.717) is 11.5 Å². The highest BCUT2D eigenvalue weighted by atomic mass is 16.1. The first-order valence-corrected chi connectivity index (χ1v) is 9.76. The fraction of sp³-hybridized carbons (Fsp3) is 0.273. The van der Waals surface area contributed by atoms with Gasteiger partial charge < -0.3 is 10.2 Å². The van der Waals surface area contributed by atoms with Gasteiger partial charge in [0.1, 0.15) is 0 Å². The van der Waals surface area contributed by atoms with E-state index in [1.165, 1.54) is 5.56 Å². The minimum Gasteiger partial charge on any atom is -0.353 e. The number of aromatic nitrogens is 3. The number of ketones is 1. The van der Waals surface area contributed by atoms with Crippen LogP contribution >= 0.6 is 0 Å². The Balaban J connectivity index is 1.38. The quantitative estimate of drug-likeness (QED) is 0.650. The van der Waals surface area contributed by atoms with Crippen molar-refractivity contribution in [1.82, 2.24) is 20.1 Å². The molecule has 1 aliphatic rings. The van der Waals surface area contributed by atoms with Gasteiger partial charge in [0.05, 0.1) is 6.20 Å². The van der Waals surface area contributed by atoms with E-state index in [1.54, 1.807) is 25.3 Å². The summed E-state index contributed by atoms with van der Waals surface area (Å²) in [7, 11) is 0. The maximum Gasteiger partial charge on any atom is 0.249 e. The Labute approximate surface area is 170 Å². The molecule has 4 rings (SSSR count). The normalized spacial score (nSPS) is 14.6. The number of piperazine rings is 1. The van der Waals surface area contributed by atoms with Gasteiger partial charge in [-0.05, 0) is 24.6 Å². The van der Waals surface area contributed by atoms with Crippen molar-refractivity contribution in [2.45, 2.75) is 13.5 Å². The molecule has 1 N–H and O–H groups in total. The van der Waals surface area contributed by atoms with Crippen LogP contribution in [0.3, 0.4) is 0 Å². The summed E-state index contributed by atoms with van der Waals surface area (Å²) in [5.41, 5.74) is 2.75. The molecule has 2 aromatic carbocycles. The maximum absolute atomic E-state index is 11.6. The van der Waals surface area contributed by atoms with Gasteiger partial charge in [0.15, 0.2) is 11.6 Å². The summed E-state index contributed by atoms with van der Waals surface area (Å²) in [4.78, 5) is 20.9. The fourth-order valence-electron chi connectivity index (χ4n) is 3.42. The molecule has 0 radical (unpaired) electrons. The third-order valence-electron chi connectivity index (χ3n) is 5.02. The van der Waals surface area contributed by atoms with Crippen LogP contribution in [0.15, 0.2) is 60.8 Å². The van der Waals surface area contributed by atoms with E-state index in [9.17, 15) is 4.79 Å². The molecule has 0 atom stereocenters. The van der Waals surface area contributed by atoms with Crippen molar-refractivity contribution in [3.05, 3.63) is 71.9 Å². The SMILES string of the molecule is CC(=O)c1cccc(Nc2nncc(N3CCN(Cc4ccccc4)CC3)n2)c1. The average Bonchev–Trinajstić information content (AvgIpc) is 2.75. The average molecular weight is 388 g/mol. The zero-order valence-electron chi connectivity index (χ0n) is 16.5. The molecular weight excluding hydrogens is 364 g/mol. The fourth-order valence-corrected chi connectivity index (χ4v) is 3.42. The molecule has 148 valence electrons. The van der Waals surface area contributed by atoms with Gasteiger partial charge in [-0.2, -0.15) is 10.1 Å². The van der Waals surface area contributed by atoms with Crippen molar-refractivity contribution in [3.63, 3.8) is 0 Å². The van der Waals surface area contributed by atoms with Crippen molar-refractivity contribution in [2.24, 2.45) is 0 Å². The Bertz CT molecular complexity index is 970. The molecule has 0 unspecified atom stereocenters. The smallest absolute Gasteiger partial charge is 0.249 e. The van der Waals surface area contributed by atoms with Gasteiger partial charge in [-0.25, -0.2) is 0 Å². The van der Waals surface area contributed by atoms with Crippen LogP contribution in [-0.4, -0.2) is 52.0 Å². The van der Waals surface area contributed by atoms with E-state index in [4.69, 9.17) is 0 Å². The molecule has 7 nitrogen and oxygen atoms in total. The number of carbonyl (C=O) groups excluding carboxylic acids is 1. The standard InChI is InChI=1S/C22H24N6O/c1-17(29)19-8-5-9-20(14-19)24-22-25-21(15-23-26-22)28-12-10-27(11-13-28)16-18-6-3-2-4-7-18/h2-9,14-15H,10-13,16H2,1H3,(H,24,25,26). The molecular formula is C22H24N6O. The molecule has 29 heavy (non-hydrogen) atoms. The first kappa shape index (κ1) is 19.0. The summed E-state index contributed by atoms with van der Waals surface area (Å²) in [6, 6.07) is 17.8. The monoisotopic (exact) mass is 388 g/mol. The summed E-state index contributed by atoms with van der Waals surface area (Å²) < 4.78 is 0. The van der Waals surface area contributed by atoms with E-state index in [1.807, 2.05) is 18.2 Å². The Kier molecular flexibility index (Phi) is 5.76. The second kappa shape index (κ2) is 8.79. The number of carbonyl (C=O) groups is 1. The van der Waals surface area contributed by atoms with Crippen LogP contribution in [0.1, 0.15) is 22.8 Å². The Morgan fingerprint density at radius 3 is 2.59 bits per heavy atom. The lowest BCUT2D eigenvalue weighted by atomic mass is 10.1. The van der Waals surface area contributed by atoms with Crippen molar-refractivity contribution in [2.75, 3.05) is 36.4 Å². The number of hydrogen-bond donors (Lipinski definition) is 1. The van der Waals surface area contributed by atoms with Crippen LogP contribution < -0.4 is 10.2 Å². The van der Waals surface area contributed by atoms with Crippen LogP contribution in [-0.2, 0) is 6.54 Å². The van der Waals surface area contributed by atoms with Crippen molar-refractivity contribution in [1.29, 1.82) is 0 Å². The van der Waals surface area contributed by atoms with E-state index in [-0.39, 0.29) is 5.78 Å². The highest BCUT2D eigenvalue weighted by Gasteiger charge is 2.19. The van der Waals surface area contributed by atoms with Crippen LogP contribution in [0.5, 0.6) is 0 Å². The van der Waals surface area contributed by atoms with Crippen molar-refractivity contribution < 1.29 is 4.79 Å². The molecule has 1 fully saturated rings. The molecule has 1 saturated heterocycles. The summed E-state index contributed by atoms with van der Waals surface area (Å²) in [5.74, 6) is 1.26. The molecule has 2 heterocycles. The van der Waals surface area contributed by atoms with Crippen molar-refractivity contribution >= 4 is 23.2 Å². The number of nitrogens with one attached hydrogen (secondary N) is 1. The number of rotatable bonds is 6. The van der Waals surface area contributed by atoms with Crippen LogP contribution in [0.25, 0.3) is 0 Å². The molecule has 3 aromatic rings. The van der Waals surface area contributed by atoms with Crippen LogP contribution in [0.4, 0.5) is 17.5 Å². The van der Waals surface area contributed by atoms with Gasteiger partial charge in [0, 0.05) is 44.0 Å². The van der Waals surface area contributed by atoms with Crippen LogP contribution in [0.2, 0.25) is 0 Å². The van der Waals surface area contributed by atoms with Gasteiger partial charge in [-0.3, -0.25) is 9.69 Å². The van der Waals surface area contributed by atoms with Gasteiger partial charge in [-0.1, -0.05) is 42.5 Å². The van der Waals surface area contributed by atoms with E-state index in [0.717, 1.165) is 44.2 Å². The molecule has 0 aliphatic carbocycles. The third-order valence-corrected chi connectivity index (χ3v) is 5.02. The molecule has 1 aliphatic heterocycles. The van der Waals surface area contributed by atoms with Gasteiger partial charge in [0.2, 0.25) is 5.95 Å². The zero-order chi connectivity index (χ0) is 20.1. The molecule has 7 heteroatoms. The minimum atomic E-state index is 0.0230. The first-order valence-electron chi connectivity index (χ1n) is 9.76. The Morgan fingerprint density at radius 2 is 1.83 bits per heavy atom. The molecule has 1 aromatic heterocycles. The lowest BCUT2D eigenvalue weighted by Gasteiger charge is -2.35. The second-order valence-corrected chi connectivity index (χ2v) is 7.15. The van der Waals surface area contributed by atoms with E-state index >= 15 is 0 Å². The highest BCUT2D eigenvalue weighted by Crippen LogP contribution is 2.18. The zero-order valence-corrected chi connectivity index (χ0v) is 16.5. The summed E-state index contributed by atoms with van der Waals surface area (Å²) in [6.45, 7) is 6.26. The Hall–Kier alpha value is -3.32. The van der Waals surface area contributed by atoms with Gasteiger partial charge >= 0.3 is 0 Å². The third kappa shape index (κ3) is 4.94. The predicted molar refractivity (Wildman–Crippen MR) is 113 cm³/mol. The Morgan fingerprint density at radius 1 is 1.03 bits per heavy atom. The molecule has 0 amide bonds. The number of nitrogens with zero attached hydrogens (tertiary/aromatic N) is 5. The minimum absolute atomic E-state index is 0.0230. The molecule has 0 saturated carbocycles. The first-order chi connectivity index (χ1) is 14.2. The molecule has 0 bridgehead atoms. The number of hydrogen-bond acceptors (Lipinski definition) is 7. The summed E-state index contributed by atoms with van der Waals surface area (Å²) in [5, 5.41) is 11.3. The van der Waals surface area contributed by atoms with E-state index in [2.05, 4.69) is 54.6 Å². The van der Waals surface area contributed by atoms with Gasteiger partial charge in [-0.15, -0.1) is 5.10 Å². The largest absolute Gasteiger partial charge is 0.353 e. The summed E-state index contributed by atoms with van der Waals surface area (Å²) in [6.07, 6.45) is 1.70. The number of anilines is 3. The topological polar surface area (TPSA) is 74.2 Å².